The summed E-state index contributed by atoms with van der Waals surface area (Å²) >= 11 is 3.47. The van der Waals surface area contributed by atoms with Gasteiger partial charge in [0, 0.05) is 29.9 Å². The fourth-order valence-electron chi connectivity index (χ4n) is 1.83. The third-order valence-corrected chi connectivity index (χ3v) is 4.44. The summed E-state index contributed by atoms with van der Waals surface area (Å²) in [6, 6.07) is 0. The fraction of sp³-hybridized carbons (Fsp3) is 0.692. The summed E-state index contributed by atoms with van der Waals surface area (Å²) in [7, 11) is 0. The lowest BCUT2D eigenvalue weighted by atomic mass is 9.97. The lowest BCUT2D eigenvalue weighted by Crippen LogP contribution is -2.29. The molecule has 108 valence electrons. The number of nitrogens with one attached hydrogen (secondary N) is 1. The van der Waals surface area contributed by atoms with Crippen molar-refractivity contribution < 1.29 is 9.90 Å². The van der Waals surface area contributed by atoms with E-state index in [4.69, 9.17) is 5.11 Å². The van der Waals surface area contributed by atoms with Gasteiger partial charge in [0.2, 0.25) is 0 Å². The average molecular weight is 302 g/mol. The highest BCUT2D eigenvalue weighted by molar-refractivity contribution is 7.97. The maximum Gasteiger partial charge on any atom is 0.307 e. The molecule has 0 spiro atoms. The van der Waals surface area contributed by atoms with Crippen LogP contribution in [0.1, 0.15) is 30.2 Å². The zero-order valence-electron chi connectivity index (χ0n) is 11.7. The number of rotatable bonds is 9. The summed E-state index contributed by atoms with van der Waals surface area (Å²) in [4.78, 5) is 16.7. The van der Waals surface area contributed by atoms with Gasteiger partial charge in [-0.3, -0.25) is 4.79 Å². The summed E-state index contributed by atoms with van der Waals surface area (Å²) in [5, 5.41) is 13.4. The molecule has 1 unspecified atom stereocenters. The van der Waals surface area contributed by atoms with Crippen molar-refractivity contribution in [2.75, 3.05) is 12.8 Å². The highest BCUT2D eigenvalue weighted by Gasteiger charge is 2.18. The van der Waals surface area contributed by atoms with Crippen LogP contribution < -0.4 is 5.32 Å². The molecule has 0 amide bonds. The Hall–Kier alpha value is -0.590. The molecule has 1 atom stereocenters. The van der Waals surface area contributed by atoms with Crippen LogP contribution in [-0.2, 0) is 17.1 Å². The summed E-state index contributed by atoms with van der Waals surface area (Å²) in [6.45, 7) is 5.25. The molecule has 0 bridgehead atoms. The predicted molar refractivity (Wildman–Crippen MR) is 81.6 cm³/mol. The highest BCUT2D eigenvalue weighted by atomic mass is 32.2. The van der Waals surface area contributed by atoms with Gasteiger partial charge in [-0.05, 0) is 18.6 Å². The van der Waals surface area contributed by atoms with E-state index in [0.29, 0.717) is 25.4 Å². The van der Waals surface area contributed by atoms with E-state index in [1.54, 1.807) is 23.1 Å². The summed E-state index contributed by atoms with van der Waals surface area (Å²) in [6.07, 6.45) is 4.68. The van der Waals surface area contributed by atoms with Crippen LogP contribution in [0.2, 0.25) is 0 Å². The molecule has 0 saturated carbocycles. The standard InChI is InChI=1S/C13H22N2O2S2/c1-9(2)4-10(13(16)17)5-14-7-12-15-6-11(19-12)8-18-3/h6,9-10,14H,4-5,7-8H2,1-3H3,(H,16,17). The van der Waals surface area contributed by atoms with E-state index in [2.05, 4.69) is 16.6 Å². The molecule has 1 heterocycles. The highest BCUT2D eigenvalue weighted by Crippen LogP contribution is 2.18. The summed E-state index contributed by atoms with van der Waals surface area (Å²) in [5.41, 5.74) is 0. The first-order chi connectivity index (χ1) is 9.02. The quantitative estimate of drug-likeness (QED) is 0.734. The monoisotopic (exact) mass is 302 g/mol. The molecule has 6 heteroatoms. The third kappa shape index (κ3) is 6.40. The largest absolute Gasteiger partial charge is 0.481 e. The van der Waals surface area contributed by atoms with Crippen molar-refractivity contribution in [3.8, 4) is 0 Å². The second-order valence-electron chi connectivity index (χ2n) is 4.95. The number of aromatic nitrogens is 1. The minimum absolute atomic E-state index is 0.314. The van der Waals surface area contributed by atoms with Crippen molar-refractivity contribution >= 4 is 29.1 Å². The first-order valence-electron chi connectivity index (χ1n) is 6.39. The second-order valence-corrected chi connectivity index (χ2v) is 7.01. The van der Waals surface area contributed by atoms with Gasteiger partial charge in [-0.2, -0.15) is 11.8 Å². The van der Waals surface area contributed by atoms with Crippen LogP contribution in [-0.4, -0.2) is 28.9 Å². The number of carboxylic acids is 1. The minimum atomic E-state index is -0.719. The Morgan fingerprint density at radius 3 is 2.89 bits per heavy atom. The van der Waals surface area contributed by atoms with Crippen molar-refractivity contribution in [2.24, 2.45) is 11.8 Å². The molecule has 0 saturated heterocycles. The van der Waals surface area contributed by atoms with Gasteiger partial charge in [0.25, 0.3) is 0 Å². The van der Waals surface area contributed by atoms with Crippen LogP contribution >= 0.6 is 23.1 Å². The molecule has 1 rings (SSSR count). The van der Waals surface area contributed by atoms with Crippen molar-refractivity contribution in [3.05, 3.63) is 16.1 Å². The second kappa shape index (κ2) is 8.55. The predicted octanol–water partition coefficient (Wildman–Crippen LogP) is 2.84. The Morgan fingerprint density at radius 2 is 2.32 bits per heavy atom. The van der Waals surface area contributed by atoms with Gasteiger partial charge < -0.3 is 10.4 Å². The van der Waals surface area contributed by atoms with Crippen LogP contribution in [0.5, 0.6) is 0 Å². The molecule has 19 heavy (non-hydrogen) atoms. The van der Waals surface area contributed by atoms with E-state index in [0.717, 1.165) is 10.8 Å². The number of thioether (sulfide) groups is 1. The molecule has 4 nitrogen and oxygen atoms in total. The van der Waals surface area contributed by atoms with Crippen LogP contribution in [0, 0.1) is 11.8 Å². The first-order valence-corrected chi connectivity index (χ1v) is 8.60. The Bertz CT molecular complexity index is 394. The molecule has 0 radical (unpaired) electrons. The first kappa shape index (κ1) is 16.5. The molecule has 0 aliphatic heterocycles. The zero-order chi connectivity index (χ0) is 14.3. The van der Waals surface area contributed by atoms with Gasteiger partial charge in [-0.1, -0.05) is 13.8 Å². The Labute approximate surface area is 123 Å². The lowest BCUT2D eigenvalue weighted by Gasteiger charge is -2.14. The number of nitrogens with zero attached hydrogens (tertiary/aromatic N) is 1. The number of carbonyl (C=O) groups is 1. The van der Waals surface area contributed by atoms with Gasteiger partial charge >= 0.3 is 5.97 Å². The molecule has 1 aromatic heterocycles. The van der Waals surface area contributed by atoms with Gasteiger partial charge in [0.1, 0.15) is 5.01 Å². The fourth-order valence-corrected chi connectivity index (χ4v) is 3.47. The maximum atomic E-state index is 11.1. The third-order valence-electron chi connectivity index (χ3n) is 2.66. The Kier molecular flexibility index (Phi) is 7.41. The van der Waals surface area contributed by atoms with Crippen molar-refractivity contribution in [1.82, 2.24) is 10.3 Å². The summed E-state index contributed by atoms with van der Waals surface area (Å²) in [5.74, 6) is 0.355. The van der Waals surface area contributed by atoms with E-state index in [1.807, 2.05) is 20.0 Å². The molecule has 0 aliphatic carbocycles. The number of hydrogen-bond acceptors (Lipinski definition) is 5. The van der Waals surface area contributed by atoms with Crippen molar-refractivity contribution in [1.29, 1.82) is 0 Å². The van der Waals surface area contributed by atoms with E-state index in [9.17, 15) is 4.79 Å². The van der Waals surface area contributed by atoms with Gasteiger partial charge in [-0.25, -0.2) is 4.98 Å². The average Bonchev–Trinajstić information content (AvgIpc) is 2.75. The van der Waals surface area contributed by atoms with E-state index in [-0.39, 0.29) is 5.92 Å². The van der Waals surface area contributed by atoms with Gasteiger partial charge in [0.05, 0.1) is 5.92 Å². The van der Waals surface area contributed by atoms with Gasteiger partial charge in [-0.15, -0.1) is 11.3 Å². The maximum absolute atomic E-state index is 11.1. The van der Waals surface area contributed by atoms with Crippen LogP contribution in [0.15, 0.2) is 6.20 Å². The van der Waals surface area contributed by atoms with Crippen LogP contribution in [0.3, 0.4) is 0 Å². The molecule has 0 aliphatic rings. The Balaban J connectivity index is 2.36. The minimum Gasteiger partial charge on any atom is -0.481 e. The number of aliphatic carboxylic acids is 1. The molecular formula is C13H22N2O2S2. The van der Waals surface area contributed by atoms with Crippen LogP contribution in [0.4, 0.5) is 0 Å². The van der Waals surface area contributed by atoms with Crippen molar-refractivity contribution in [2.45, 2.75) is 32.6 Å². The number of thiazole rings is 1. The molecule has 0 aromatic carbocycles. The number of hydrogen-bond donors (Lipinski definition) is 2. The van der Waals surface area contributed by atoms with Crippen LogP contribution in [0.25, 0.3) is 0 Å². The molecule has 2 N–H and O–H groups in total. The summed E-state index contributed by atoms with van der Waals surface area (Å²) < 4.78 is 0. The van der Waals surface area contributed by atoms with Gasteiger partial charge in [0.15, 0.2) is 0 Å². The zero-order valence-corrected chi connectivity index (χ0v) is 13.3. The SMILES string of the molecule is CSCc1cnc(CNCC(CC(C)C)C(=O)O)s1. The molecule has 0 fully saturated rings. The Morgan fingerprint density at radius 1 is 1.58 bits per heavy atom. The lowest BCUT2D eigenvalue weighted by molar-refractivity contribution is -0.142. The van der Waals surface area contributed by atoms with E-state index >= 15 is 0 Å². The molecular weight excluding hydrogens is 280 g/mol. The number of carboxylic acid groups (broad SMARTS) is 1. The molecule has 1 aromatic rings. The smallest absolute Gasteiger partial charge is 0.307 e. The van der Waals surface area contributed by atoms with Crippen molar-refractivity contribution in [3.63, 3.8) is 0 Å². The van der Waals surface area contributed by atoms with E-state index < -0.39 is 5.97 Å². The topological polar surface area (TPSA) is 62.2 Å². The van der Waals surface area contributed by atoms with E-state index in [1.165, 1.54) is 4.88 Å². The normalized spacial score (nSPS) is 12.8.